The van der Waals surface area contributed by atoms with E-state index in [1.54, 1.807) is 49.4 Å². The first kappa shape index (κ1) is 22.7. The molecule has 0 spiro atoms. The van der Waals surface area contributed by atoms with Crippen LogP contribution in [0, 0.1) is 11.3 Å². The van der Waals surface area contributed by atoms with E-state index in [1.165, 1.54) is 7.11 Å². The molecule has 2 aromatic carbocycles. The number of hydrogen-bond donors (Lipinski definition) is 2. The Morgan fingerprint density at radius 3 is 2.58 bits per heavy atom. The van der Waals surface area contributed by atoms with Crippen LogP contribution in [0.15, 0.2) is 52.4 Å². The minimum atomic E-state index is -0.602. The zero-order valence-electron chi connectivity index (χ0n) is 16.4. The van der Waals surface area contributed by atoms with Crippen molar-refractivity contribution in [2.75, 3.05) is 12.4 Å². The van der Waals surface area contributed by atoms with Crippen LogP contribution in [0.2, 0.25) is 10.0 Å². The number of hydrogen-bond acceptors (Lipinski definition) is 6. The fourth-order valence-electron chi connectivity index (χ4n) is 2.64. The predicted molar refractivity (Wildman–Crippen MR) is 122 cm³/mol. The third kappa shape index (κ3) is 5.39. The molecule has 0 bridgehead atoms. The summed E-state index contributed by atoms with van der Waals surface area (Å²) >= 11 is 13.1. The average Bonchev–Trinajstić information content (AvgIpc) is 2.74. The lowest BCUT2D eigenvalue weighted by Crippen LogP contribution is -2.23. The number of thioether (sulfide) groups is 1. The Morgan fingerprint density at radius 2 is 1.97 bits per heavy atom. The molecule has 31 heavy (non-hydrogen) atoms. The molecule has 158 valence electrons. The number of H-pyrrole nitrogens is 1. The Hall–Kier alpha value is -2.99. The Kier molecular flexibility index (Phi) is 7.23. The maximum atomic E-state index is 12.6. The topological polar surface area (TPSA) is 108 Å². The van der Waals surface area contributed by atoms with E-state index in [-0.39, 0.29) is 22.3 Å². The number of halogens is 2. The van der Waals surface area contributed by atoms with Gasteiger partial charge < -0.3 is 15.0 Å². The number of methoxy groups -OCH3 is 1. The Balaban J connectivity index is 1.82. The summed E-state index contributed by atoms with van der Waals surface area (Å²) in [6, 6.07) is 13.4. The van der Waals surface area contributed by atoms with Gasteiger partial charge in [-0.2, -0.15) is 5.26 Å². The maximum Gasteiger partial charge on any atom is 0.270 e. The van der Waals surface area contributed by atoms with Crippen molar-refractivity contribution in [1.82, 2.24) is 9.97 Å². The molecule has 3 aromatic rings. The molecule has 7 nitrogen and oxygen atoms in total. The third-order valence-electron chi connectivity index (χ3n) is 4.20. The molecule has 2 N–H and O–H groups in total. The lowest BCUT2D eigenvalue weighted by Gasteiger charge is -2.13. The third-order valence-corrected chi connectivity index (χ3v) is 5.74. The fourth-order valence-corrected chi connectivity index (χ4v) is 3.82. The number of nitrogens with zero attached hydrogens (tertiary/aromatic N) is 2. The molecular weight excluding hydrogens is 459 g/mol. The summed E-state index contributed by atoms with van der Waals surface area (Å²) in [5, 5.41) is 12.6. The molecular formula is C21H16Cl2N4O3S. The van der Waals surface area contributed by atoms with Crippen LogP contribution in [-0.4, -0.2) is 28.2 Å². The summed E-state index contributed by atoms with van der Waals surface area (Å²) in [5.41, 5.74) is 0.598. The van der Waals surface area contributed by atoms with E-state index in [0.29, 0.717) is 27.0 Å². The normalized spacial score (nSPS) is 11.5. The quantitative estimate of drug-likeness (QED) is 0.394. The van der Waals surface area contributed by atoms with Gasteiger partial charge in [0.15, 0.2) is 5.16 Å². The first-order valence-electron chi connectivity index (χ1n) is 8.93. The zero-order valence-corrected chi connectivity index (χ0v) is 18.7. The van der Waals surface area contributed by atoms with E-state index in [9.17, 15) is 14.9 Å². The highest BCUT2D eigenvalue weighted by atomic mass is 35.5. The number of anilines is 1. The number of nitriles is 1. The van der Waals surface area contributed by atoms with Crippen molar-refractivity contribution in [3.8, 4) is 23.1 Å². The summed E-state index contributed by atoms with van der Waals surface area (Å²) in [7, 11) is 1.50. The number of carbonyl (C=O) groups is 1. The number of aromatic nitrogens is 2. The molecule has 0 saturated heterocycles. The lowest BCUT2D eigenvalue weighted by molar-refractivity contribution is -0.115. The number of rotatable bonds is 6. The monoisotopic (exact) mass is 474 g/mol. The molecule has 10 heteroatoms. The molecule has 1 amide bonds. The second-order valence-corrected chi connectivity index (χ2v) is 8.49. The predicted octanol–water partition coefficient (Wildman–Crippen LogP) is 4.74. The maximum absolute atomic E-state index is 12.6. The largest absolute Gasteiger partial charge is 0.495 e. The molecule has 0 saturated carbocycles. The molecule has 1 aromatic heterocycles. The summed E-state index contributed by atoms with van der Waals surface area (Å²) in [5.74, 6) is 0.183. The van der Waals surface area contributed by atoms with Crippen molar-refractivity contribution in [3.05, 3.63) is 68.4 Å². The molecule has 1 heterocycles. The van der Waals surface area contributed by atoms with E-state index < -0.39 is 10.8 Å². The number of benzene rings is 2. The highest BCUT2D eigenvalue weighted by Crippen LogP contribution is 2.29. The minimum absolute atomic E-state index is 0.114. The smallest absolute Gasteiger partial charge is 0.270 e. The van der Waals surface area contributed by atoms with Gasteiger partial charge in [-0.1, -0.05) is 47.1 Å². The Bertz CT molecular complexity index is 1220. The molecule has 0 aliphatic carbocycles. The summed E-state index contributed by atoms with van der Waals surface area (Å²) in [4.78, 5) is 31.9. The van der Waals surface area contributed by atoms with Gasteiger partial charge in [0.05, 0.1) is 23.1 Å². The van der Waals surface area contributed by atoms with Crippen molar-refractivity contribution in [3.63, 3.8) is 0 Å². The average molecular weight is 475 g/mol. The van der Waals surface area contributed by atoms with Gasteiger partial charge in [-0.25, -0.2) is 4.98 Å². The fraction of sp³-hybridized carbons (Fsp3) is 0.143. The Morgan fingerprint density at radius 1 is 1.26 bits per heavy atom. The van der Waals surface area contributed by atoms with E-state index in [1.807, 2.05) is 6.07 Å². The number of aromatic amines is 1. The molecule has 3 rings (SSSR count). The SMILES string of the molecule is COc1ccc(NC(=O)[C@H](C)Sc2nc(-c3ccc(Cl)cc3)c(C#N)c(=O)[nH]2)cc1Cl. The van der Waals surface area contributed by atoms with Crippen molar-refractivity contribution in [1.29, 1.82) is 5.26 Å². The molecule has 0 radical (unpaired) electrons. The van der Waals surface area contributed by atoms with E-state index >= 15 is 0 Å². The summed E-state index contributed by atoms with van der Waals surface area (Å²) in [6.07, 6.45) is 0. The van der Waals surface area contributed by atoms with Gasteiger partial charge in [0.1, 0.15) is 17.4 Å². The second-order valence-electron chi connectivity index (χ2n) is 6.31. The molecule has 0 fully saturated rings. The van der Waals surface area contributed by atoms with Gasteiger partial charge in [0.2, 0.25) is 5.91 Å². The van der Waals surface area contributed by atoms with E-state index in [4.69, 9.17) is 27.9 Å². The second kappa shape index (κ2) is 9.88. The lowest BCUT2D eigenvalue weighted by atomic mass is 10.1. The zero-order chi connectivity index (χ0) is 22.5. The van der Waals surface area contributed by atoms with Crippen molar-refractivity contribution < 1.29 is 9.53 Å². The van der Waals surface area contributed by atoms with Crippen molar-refractivity contribution in [2.45, 2.75) is 17.3 Å². The van der Waals surface area contributed by atoms with Gasteiger partial charge in [0, 0.05) is 16.3 Å². The van der Waals surface area contributed by atoms with Crippen LogP contribution in [0.25, 0.3) is 11.3 Å². The van der Waals surface area contributed by atoms with Crippen LogP contribution in [0.5, 0.6) is 5.75 Å². The summed E-state index contributed by atoms with van der Waals surface area (Å²) < 4.78 is 5.09. The number of nitrogens with one attached hydrogen (secondary N) is 2. The molecule has 0 aliphatic rings. The van der Waals surface area contributed by atoms with Gasteiger partial charge in [0.25, 0.3) is 5.56 Å². The number of ether oxygens (including phenoxy) is 1. The highest BCUT2D eigenvalue weighted by Gasteiger charge is 2.19. The number of carbonyl (C=O) groups excluding carboxylic acids is 1. The van der Waals surface area contributed by atoms with Crippen LogP contribution >= 0.6 is 35.0 Å². The van der Waals surface area contributed by atoms with E-state index in [0.717, 1.165) is 11.8 Å². The van der Waals surface area contributed by atoms with Crippen LogP contribution < -0.4 is 15.6 Å². The van der Waals surface area contributed by atoms with Crippen molar-refractivity contribution in [2.24, 2.45) is 0 Å². The first-order chi connectivity index (χ1) is 14.8. The number of amides is 1. The van der Waals surface area contributed by atoms with Crippen LogP contribution in [0.3, 0.4) is 0 Å². The van der Waals surface area contributed by atoms with Crippen LogP contribution in [-0.2, 0) is 4.79 Å². The van der Waals surface area contributed by atoms with E-state index in [2.05, 4.69) is 15.3 Å². The first-order valence-corrected chi connectivity index (χ1v) is 10.6. The standard InChI is InChI=1S/C21H16Cl2N4O3S/c1-11(19(28)25-14-7-8-17(30-2)16(23)9-14)31-21-26-18(15(10-24)20(29)27-21)12-3-5-13(22)6-4-12/h3-9,11H,1-2H3,(H,25,28)(H,26,27,29)/t11-/m0/s1. The Labute approximate surface area is 192 Å². The molecule has 0 unspecified atom stereocenters. The van der Waals surface area contributed by atoms with Gasteiger partial charge in [-0.05, 0) is 37.3 Å². The highest BCUT2D eigenvalue weighted by molar-refractivity contribution is 8.00. The van der Waals surface area contributed by atoms with Gasteiger partial charge in [-0.3, -0.25) is 9.59 Å². The van der Waals surface area contributed by atoms with Crippen LogP contribution in [0.1, 0.15) is 12.5 Å². The molecule has 1 atom stereocenters. The van der Waals surface area contributed by atoms with Gasteiger partial charge >= 0.3 is 0 Å². The minimum Gasteiger partial charge on any atom is -0.495 e. The summed E-state index contributed by atoms with van der Waals surface area (Å²) in [6.45, 7) is 1.67. The van der Waals surface area contributed by atoms with Crippen LogP contribution in [0.4, 0.5) is 5.69 Å². The van der Waals surface area contributed by atoms with Crippen molar-refractivity contribution >= 4 is 46.6 Å². The molecule has 0 aliphatic heterocycles. The van der Waals surface area contributed by atoms with Gasteiger partial charge in [-0.15, -0.1) is 0 Å².